The second kappa shape index (κ2) is 6.50. The Balaban J connectivity index is 2.03. The Kier molecular flexibility index (Phi) is 4.71. The van der Waals surface area contributed by atoms with Gasteiger partial charge in [-0.05, 0) is 30.4 Å². The standard InChI is InChI=1S/C15H20N2O3/c1-2-11-10-17(7-5-12(11)8-14(18)19)15(20)13-4-3-6-16-9-13/h3-4,6,9,11-12H,2,5,7-8,10H2,1H3,(H,18,19). The summed E-state index contributed by atoms with van der Waals surface area (Å²) in [6.07, 6.45) is 5.08. The third kappa shape index (κ3) is 3.35. The molecule has 1 N–H and O–H groups in total. The highest BCUT2D eigenvalue weighted by molar-refractivity contribution is 5.93. The van der Waals surface area contributed by atoms with Gasteiger partial charge in [0.15, 0.2) is 0 Å². The van der Waals surface area contributed by atoms with E-state index in [4.69, 9.17) is 5.11 Å². The maximum absolute atomic E-state index is 12.4. The Labute approximate surface area is 118 Å². The number of carboxylic acid groups (broad SMARTS) is 1. The van der Waals surface area contributed by atoms with Crippen molar-refractivity contribution in [1.82, 2.24) is 9.88 Å². The molecule has 5 heteroatoms. The molecule has 1 aliphatic heterocycles. The summed E-state index contributed by atoms with van der Waals surface area (Å²) >= 11 is 0. The summed E-state index contributed by atoms with van der Waals surface area (Å²) in [6, 6.07) is 3.52. The normalized spacial score (nSPS) is 22.6. The van der Waals surface area contributed by atoms with Gasteiger partial charge in [-0.25, -0.2) is 0 Å². The van der Waals surface area contributed by atoms with Crippen LogP contribution in [0.4, 0.5) is 0 Å². The Morgan fingerprint density at radius 3 is 2.85 bits per heavy atom. The number of piperidine rings is 1. The van der Waals surface area contributed by atoms with Crippen molar-refractivity contribution >= 4 is 11.9 Å². The topological polar surface area (TPSA) is 70.5 Å². The highest BCUT2D eigenvalue weighted by Crippen LogP contribution is 2.29. The van der Waals surface area contributed by atoms with Crippen LogP contribution in [0.3, 0.4) is 0 Å². The number of carboxylic acids is 1. The first-order valence-electron chi connectivity index (χ1n) is 7.03. The largest absolute Gasteiger partial charge is 0.481 e. The molecule has 0 aliphatic carbocycles. The molecule has 2 rings (SSSR count). The molecule has 2 unspecified atom stereocenters. The summed E-state index contributed by atoms with van der Waals surface area (Å²) in [4.78, 5) is 29.0. The minimum Gasteiger partial charge on any atom is -0.481 e. The average molecular weight is 276 g/mol. The lowest BCUT2D eigenvalue weighted by Crippen LogP contribution is -2.44. The quantitative estimate of drug-likeness (QED) is 0.913. The maximum atomic E-state index is 12.4. The van der Waals surface area contributed by atoms with Gasteiger partial charge in [0.2, 0.25) is 0 Å². The fraction of sp³-hybridized carbons (Fsp3) is 0.533. The summed E-state index contributed by atoms with van der Waals surface area (Å²) in [6.45, 7) is 3.32. The molecule has 1 aromatic rings. The average Bonchev–Trinajstić information content (AvgIpc) is 2.47. The number of carbonyl (C=O) groups excluding carboxylic acids is 1. The van der Waals surface area contributed by atoms with E-state index in [-0.39, 0.29) is 24.2 Å². The van der Waals surface area contributed by atoms with Crippen LogP contribution < -0.4 is 0 Å². The Morgan fingerprint density at radius 1 is 1.45 bits per heavy atom. The zero-order valence-corrected chi connectivity index (χ0v) is 11.7. The predicted octanol–water partition coefficient (Wildman–Crippen LogP) is 2.04. The monoisotopic (exact) mass is 276 g/mol. The lowest BCUT2D eigenvalue weighted by Gasteiger charge is -2.37. The van der Waals surface area contributed by atoms with Crippen LogP contribution in [-0.2, 0) is 4.79 Å². The minimum absolute atomic E-state index is 0.00896. The molecular weight excluding hydrogens is 256 g/mol. The number of amides is 1. The lowest BCUT2D eigenvalue weighted by molar-refractivity contribution is -0.139. The van der Waals surface area contributed by atoms with Crippen molar-refractivity contribution in [2.24, 2.45) is 11.8 Å². The zero-order chi connectivity index (χ0) is 14.5. The second-order valence-corrected chi connectivity index (χ2v) is 5.31. The molecule has 2 atom stereocenters. The van der Waals surface area contributed by atoms with Gasteiger partial charge < -0.3 is 10.0 Å². The molecule has 0 spiro atoms. The number of aromatic nitrogens is 1. The molecular formula is C15H20N2O3. The number of rotatable bonds is 4. The predicted molar refractivity (Wildman–Crippen MR) is 74.3 cm³/mol. The van der Waals surface area contributed by atoms with Gasteiger partial charge in [0.1, 0.15) is 0 Å². The highest BCUT2D eigenvalue weighted by Gasteiger charge is 2.31. The van der Waals surface area contributed by atoms with Crippen LogP contribution in [0.15, 0.2) is 24.5 Å². The molecule has 1 fully saturated rings. The van der Waals surface area contributed by atoms with Crippen LogP contribution in [0.25, 0.3) is 0 Å². The van der Waals surface area contributed by atoms with E-state index in [0.29, 0.717) is 18.7 Å². The lowest BCUT2D eigenvalue weighted by atomic mass is 9.81. The van der Waals surface area contributed by atoms with Gasteiger partial charge in [0, 0.05) is 31.9 Å². The molecule has 1 aliphatic rings. The first-order chi connectivity index (χ1) is 9.61. The summed E-state index contributed by atoms with van der Waals surface area (Å²) in [7, 11) is 0. The van der Waals surface area contributed by atoms with E-state index in [1.54, 1.807) is 24.5 Å². The van der Waals surface area contributed by atoms with E-state index in [0.717, 1.165) is 12.8 Å². The Morgan fingerprint density at radius 2 is 2.25 bits per heavy atom. The van der Waals surface area contributed by atoms with E-state index in [1.165, 1.54) is 0 Å². The third-order valence-electron chi connectivity index (χ3n) is 4.05. The smallest absolute Gasteiger partial charge is 0.303 e. The number of hydrogen-bond acceptors (Lipinski definition) is 3. The van der Waals surface area contributed by atoms with Crippen LogP contribution in [0, 0.1) is 11.8 Å². The van der Waals surface area contributed by atoms with Gasteiger partial charge in [-0.15, -0.1) is 0 Å². The van der Waals surface area contributed by atoms with Crippen LogP contribution in [0.5, 0.6) is 0 Å². The van der Waals surface area contributed by atoms with Gasteiger partial charge in [-0.1, -0.05) is 13.3 Å². The molecule has 2 heterocycles. The van der Waals surface area contributed by atoms with E-state index in [9.17, 15) is 9.59 Å². The number of pyridine rings is 1. The van der Waals surface area contributed by atoms with E-state index < -0.39 is 5.97 Å². The number of hydrogen-bond donors (Lipinski definition) is 1. The van der Waals surface area contributed by atoms with Crippen LogP contribution >= 0.6 is 0 Å². The van der Waals surface area contributed by atoms with Crippen LogP contribution in [-0.4, -0.2) is 40.0 Å². The van der Waals surface area contributed by atoms with Crippen molar-refractivity contribution in [3.63, 3.8) is 0 Å². The van der Waals surface area contributed by atoms with Crippen molar-refractivity contribution in [3.8, 4) is 0 Å². The number of carbonyl (C=O) groups is 2. The fourth-order valence-corrected chi connectivity index (χ4v) is 2.89. The maximum Gasteiger partial charge on any atom is 0.303 e. The summed E-state index contributed by atoms with van der Waals surface area (Å²) < 4.78 is 0. The second-order valence-electron chi connectivity index (χ2n) is 5.31. The van der Waals surface area contributed by atoms with Crippen LogP contribution in [0.2, 0.25) is 0 Å². The summed E-state index contributed by atoms with van der Waals surface area (Å²) in [5.41, 5.74) is 0.596. The molecule has 1 amide bonds. The Hall–Kier alpha value is -1.91. The van der Waals surface area contributed by atoms with E-state index >= 15 is 0 Å². The van der Waals surface area contributed by atoms with Gasteiger partial charge in [-0.3, -0.25) is 14.6 Å². The van der Waals surface area contributed by atoms with E-state index in [2.05, 4.69) is 11.9 Å². The first kappa shape index (κ1) is 14.5. The van der Waals surface area contributed by atoms with Gasteiger partial charge in [0.05, 0.1) is 5.56 Å². The van der Waals surface area contributed by atoms with E-state index in [1.807, 2.05) is 4.90 Å². The number of likely N-dealkylation sites (tertiary alicyclic amines) is 1. The summed E-state index contributed by atoms with van der Waals surface area (Å²) in [5, 5.41) is 8.94. The highest BCUT2D eigenvalue weighted by atomic mass is 16.4. The molecule has 20 heavy (non-hydrogen) atoms. The molecule has 1 saturated heterocycles. The molecule has 5 nitrogen and oxygen atoms in total. The van der Waals surface area contributed by atoms with Crippen molar-refractivity contribution in [3.05, 3.63) is 30.1 Å². The third-order valence-corrected chi connectivity index (χ3v) is 4.05. The van der Waals surface area contributed by atoms with Crippen LogP contribution in [0.1, 0.15) is 36.5 Å². The fourth-order valence-electron chi connectivity index (χ4n) is 2.89. The van der Waals surface area contributed by atoms with Crippen molar-refractivity contribution < 1.29 is 14.7 Å². The molecule has 0 aromatic carbocycles. The van der Waals surface area contributed by atoms with Gasteiger partial charge >= 0.3 is 5.97 Å². The molecule has 0 saturated carbocycles. The van der Waals surface area contributed by atoms with Crippen molar-refractivity contribution in [2.45, 2.75) is 26.2 Å². The van der Waals surface area contributed by atoms with Crippen molar-refractivity contribution in [2.75, 3.05) is 13.1 Å². The van der Waals surface area contributed by atoms with Gasteiger partial charge in [0.25, 0.3) is 5.91 Å². The summed E-state index contributed by atoms with van der Waals surface area (Å²) in [5.74, 6) is -0.318. The van der Waals surface area contributed by atoms with Gasteiger partial charge in [-0.2, -0.15) is 0 Å². The zero-order valence-electron chi connectivity index (χ0n) is 11.7. The number of aliphatic carboxylic acids is 1. The molecule has 108 valence electrons. The molecule has 1 aromatic heterocycles. The SMILES string of the molecule is CCC1CN(C(=O)c2cccnc2)CCC1CC(=O)O. The molecule has 0 bridgehead atoms. The number of nitrogens with zero attached hydrogens (tertiary/aromatic N) is 2. The molecule has 0 radical (unpaired) electrons. The minimum atomic E-state index is -0.750. The first-order valence-corrected chi connectivity index (χ1v) is 7.03. The van der Waals surface area contributed by atoms with Crippen molar-refractivity contribution in [1.29, 1.82) is 0 Å². The Bertz CT molecular complexity index is 475.